The molecule has 0 saturated carbocycles. The van der Waals surface area contributed by atoms with Gasteiger partial charge in [0.05, 0.1) is 0 Å². The van der Waals surface area contributed by atoms with Gasteiger partial charge in [-0.15, -0.1) is 12.4 Å². The molecule has 1 heterocycles. The molecular weight excluding hydrogens is 262 g/mol. The molecule has 1 aromatic rings. The Labute approximate surface area is 121 Å². The van der Waals surface area contributed by atoms with Crippen LogP contribution in [-0.2, 0) is 0 Å². The molecule has 1 aliphatic rings. The molecule has 1 aliphatic heterocycles. The summed E-state index contributed by atoms with van der Waals surface area (Å²) in [5, 5.41) is 6.38. The van der Waals surface area contributed by atoms with Gasteiger partial charge in [-0.2, -0.15) is 0 Å². The van der Waals surface area contributed by atoms with Gasteiger partial charge in [0.25, 0.3) is 5.91 Å². The van der Waals surface area contributed by atoms with Crippen molar-refractivity contribution in [1.82, 2.24) is 10.6 Å². The highest BCUT2D eigenvalue weighted by Crippen LogP contribution is 2.13. The van der Waals surface area contributed by atoms with Gasteiger partial charge in [-0.1, -0.05) is 6.07 Å². The number of amides is 1. The summed E-state index contributed by atoms with van der Waals surface area (Å²) in [7, 11) is 3.95. The molecule has 2 rings (SSSR count). The Morgan fingerprint density at radius 2 is 2.21 bits per heavy atom. The number of rotatable bonds is 3. The number of benzene rings is 1. The summed E-state index contributed by atoms with van der Waals surface area (Å²) in [5.74, 6) is 0.0207. The molecule has 0 aromatic heterocycles. The number of piperidine rings is 1. The van der Waals surface area contributed by atoms with Gasteiger partial charge in [0, 0.05) is 37.9 Å². The molecular formula is C14H22ClN3O. The zero-order chi connectivity index (χ0) is 13.0. The minimum Gasteiger partial charge on any atom is -0.378 e. The van der Waals surface area contributed by atoms with E-state index in [-0.39, 0.29) is 24.4 Å². The Hall–Kier alpha value is -1.26. The van der Waals surface area contributed by atoms with Crippen LogP contribution < -0.4 is 15.5 Å². The van der Waals surface area contributed by atoms with Crippen molar-refractivity contribution in [2.45, 2.75) is 18.9 Å². The van der Waals surface area contributed by atoms with Crippen LogP contribution in [0.5, 0.6) is 0 Å². The molecule has 5 heteroatoms. The van der Waals surface area contributed by atoms with Crippen LogP contribution in [0, 0.1) is 0 Å². The zero-order valence-electron chi connectivity index (χ0n) is 11.5. The van der Waals surface area contributed by atoms with E-state index in [9.17, 15) is 4.79 Å². The van der Waals surface area contributed by atoms with Gasteiger partial charge in [0.1, 0.15) is 0 Å². The number of hydrogen-bond acceptors (Lipinski definition) is 3. The summed E-state index contributed by atoms with van der Waals surface area (Å²) >= 11 is 0. The summed E-state index contributed by atoms with van der Waals surface area (Å²) in [6, 6.07) is 7.96. The average Bonchev–Trinajstić information content (AvgIpc) is 2.40. The number of hydrogen-bond donors (Lipinski definition) is 2. The molecule has 1 fully saturated rings. The minimum absolute atomic E-state index is 0. The third-order valence-corrected chi connectivity index (χ3v) is 3.26. The van der Waals surface area contributed by atoms with Crippen LogP contribution in [0.3, 0.4) is 0 Å². The van der Waals surface area contributed by atoms with Crippen LogP contribution in [0.4, 0.5) is 5.69 Å². The largest absolute Gasteiger partial charge is 0.378 e. The molecule has 1 amide bonds. The fourth-order valence-electron chi connectivity index (χ4n) is 2.17. The van der Waals surface area contributed by atoms with E-state index < -0.39 is 0 Å². The first-order valence-electron chi connectivity index (χ1n) is 6.46. The molecule has 1 aromatic carbocycles. The third-order valence-electron chi connectivity index (χ3n) is 3.26. The van der Waals surface area contributed by atoms with Gasteiger partial charge in [-0.05, 0) is 37.6 Å². The first-order chi connectivity index (χ1) is 8.66. The van der Waals surface area contributed by atoms with Crippen molar-refractivity contribution in [2.75, 3.05) is 32.1 Å². The lowest BCUT2D eigenvalue weighted by molar-refractivity contribution is 0.0930. The summed E-state index contributed by atoms with van der Waals surface area (Å²) in [5.41, 5.74) is 1.77. The molecule has 0 aliphatic carbocycles. The van der Waals surface area contributed by atoms with Crippen molar-refractivity contribution in [3.05, 3.63) is 29.8 Å². The van der Waals surface area contributed by atoms with Gasteiger partial charge >= 0.3 is 0 Å². The number of carbonyl (C=O) groups is 1. The van der Waals surface area contributed by atoms with Crippen LogP contribution >= 0.6 is 12.4 Å². The average molecular weight is 284 g/mol. The highest BCUT2D eigenvalue weighted by atomic mass is 35.5. The molecule has 1 atom stereocenters. The number of nitrogens with one attached hydrogen (secondary N) is 2. The van der Waals surface area contributed by atoms with E-state index in [0.717, 1.165) is 37.2 Å². The molecule has 106 valence electrons. The summed E-state index contributed by atoms with van der Waals surface area (Å²) in [4.78, 5) is 14.1. The van der Waals surface area contributed by atoms with E-state index in [2.05, 4.69) is 10.6 Å². The van der Waals surface area contributed by atoms with Crippen molar-refractivity contribution in [3.8, 4) is 0 Å². The quantitative estimate of drug-likeness (QED) is 0.887. The minimum atomic E-state index is 0. The monoisotopic (exact) mass is 283 g/mol. The molecule has 1 saturated heterocycles. The van der Waals surface area contributed by atoms with Crippen LogP contribution in [0.15, 0.2) is 24.3 Å². The third kappa shape index (κ3) is 4.40. The molecule has 2 N–H and O–H groups in total. The van der Waals surface area contributed by atoms with E-state index in [4.69, 9.17) is 0 Å². The van der Waals surface area contributed by atoms with E-state index in [0.29, 0.717) is 0 Å². The number of anilines is 1. The molecule has 4 nitrogen and oxygen atoms in total. The van der Waals surface area contributed by atoms with Crippen LogP contribution in [0.2, 0.25) is 0 Å². The lowest BCUT2D eigenvalue weighted by Crippen LogP contribution is -2.45. The Morgan fingerprint density at radius 1 is 1.42 bits per heavy atom. The van der Waals surface area contributed by atoms with Gasteiger partial charge in [0.15, 0.2) is 0 Å². The van der Waals surface area contributed by atoms with Gasteiger partial charge in [0.2, 0.25) is 0 Å². The first kappa shape index (κ1) is 15.8. The number of halogens is 1. The molecule has 19 heavy (non-hydrogen) atoms. The molecule has 0 radical (unpaired) electrons. The maximum Gasteiger partial charge on any atom is 0.251 e. The second-order valence-electron chi connectivity index (χ2n) is 4.96. The maximum atomic E-state index is 12.1. The summed E-state index contributed by atoms with van der Waals surface area (Å²) < 4.78 is 0. The lowest BCUT2D eigenvalue weighted by atomic mass is 10.1. The first-order valence-corrected chi connectivity index (χ1v) is 6.46. The molecule has 0 spiro atoms. The number of carbonyl (C=O) groups excluding carboxylic acids is 1. The van der Waals surface area contributed by atoms with E-state index in [1.54, 1.807) is 0 Å². The molecule has 0 bridgehead atoms. The van der Waals surface area contributed by atoms with E-state index in [1.807, 2.05) is 43.3 Å². The van der Waals surface area contributed by atoms with Crippen molar-refractivity contribution >= 4 is 24.0 Å². The zero-order valence-corrected chi connectivity index (χ0v) is 12.3. The van der Waals surface area contributed by atoms with Gasteiger partial charge < -0.3 is 15.5 Å². The molecule has 1 unspecified atom stereocenters. The van der Waals surface area contributed by atoms with E-state index in [1.165, 1.54) is 0 Å². The van der Waals surface area contributed by atoms with Crippen molar-refractivity contribution in [2.24, 2.45) is 0 Å². The summed E-state index contributed by atoms with van der Waals surface area (Å²) in [6.45, 7) is 1.93. The van der Waals surface area contributed by atoms with Crippen molar-refractivity contribution in [3.63, 3.8) is 0 Å². The Bertz CT molecular complexity index is 417. The van der Waals surface area contributed by atoms with Gasteiger partial charge in [-0.3, -0.25) is 4.79 Å². The maximum absolute atomic E-state index is 12.1. The predicted molar refractivity (Wildman–Crippen MR) is 81.4 cm³/mol. The fraction of sp³-hybridized carbons (Fsp3) is 0.500. The number of nitrogens with zero attached hydrogens (tertiary/aromatic N) is 1. The van der Waals surface area contributed by atoms with Gasteiger partial charge in [-0.25, -0.2) is 0 Å². The normalized spacial score (nSPS) is 18.3. The second-order valence-corrected chi connectivity index (χ2v) is 4.96. The Kier molecular flexibility index (Phi) is 6.12. The van der Waals surface area contributed by atoms with Crippen molar-refractivity contribution < 1.29 is 4.79 Å². The fourth-order valence-corrected chi connectivity index (χ4v) is 2.17. The second kappa shape index (κ2) is 7.36. The standard InChI is InChI=1S/C14H21N3O.ClH/c1-17(2)13-7-3-5-11(9-13)14(18)16-12-6-4-8-15-10-12;/h3,5,7,9,12,15H,4,6,8,10H2,1-2H3,(H,16,18);1H. The summed E-state index contributed by atoms with van der Waals surface area (Å²) in [6.07, 6.45) is 2.19. The van der Waals surface area contributed by atoms with Crippen molar-refractivity contribution in [1.29, 1.82) is 0 Å². The Morgan fingerprint density at radius 3 is 2.84 bits per heavy atom. The van der Waals surface area contributed by atoms with Crippen LogP contribution in [0.1, 0.15) is 23.2 Å². The Balaban J connectivity index is 0.00000180. The topological polar surface area (TPSA) is 44.4 Å². The highest BCUT2D eigenvalue weighted by Gasteiger charge is 2.16. The smallest absolute Gasteiger partial charge is 0.251 e. The highest BCUT2D eigenvalue weighted by molar-refractivity contribution is 5.95. The predicted octanol–water partition coefficient (Wildman–Crippen LogP) is 1.66. The van der Waals surface area contributed by atoms with Crippen LogP contribution in [0.25, 0.3) is 0 Å². The van der Waals surface area contributed by atoms with E-state index >= 15 is 0 Å². The lowest BCUT2D eigenvalue weighted by Gasteiger charge is -2.24. The van der Waals surface area contributed by atoms with Crippen LogP contribution in [-0.4, -0.2) is 39.1 Å². The SMILES string of the molecule is CN(C)c1cccc(C(=O)NC2CCCNC2)c1.Cl.